The van der Waals surface area contributed by atoms with E-state index in [-0.39, 0.29) is 0 Å². The van der Waals surface area contributed by atoms with Gasteiger partial charge in [0.1, 0.15) is 7.14 Å². The molecule has 0 bridgehead atoms. The fourth-order valence-electron chi connectivity index (χ4n) is 3.86. The summed E-state index contributed by atoms with van der Waals surface area (Å²) in [4.78, 5) is 0. The fraction of sp³-hybridized carbons (Fsp3) is 0.500. The largest absolute Gasteiger partial charge is 0.319 e. The van der Waals surface area contributed by atoms with Gasteiger partial charge in [0.25, 0.3) is 0 Å². The Morgan fingerprint density at radius 1 is 0.818 bits per heavy atom. The molecular weight excluding hydrogens is 287 g/mol. The van der Waals surface area contributed by atoms with Crippen molar-refractivity contribution >= 4 is 12.4 Å². The van der Waals surface area contributed by atoms with Crippen molar-refractivity contribution in [3.63, 3.8) is 0 Å². The van der Waals surface area contributed by atoms with Gasteiger partial charge in [0.15, 0.2) is 0 Å². The van der Waals surface area contributed by atoms with Crippen LogP contribution in [0.3, 0.4) is 0 Å². The molecule has 1 aromatic carbocycles. The third kappa shape index (κ3) is 4.02. The quantitative estimate of drug-likeness (QED) is 0.526. The molecule has 2 aliphatic carbocycles. The molecule has 0 amide bonds. The van der Waals surface area contributed by atoms with Gasteiger partial charge in [-0.25, -0.2) is 0 Å². The Labute approximate surface area is 134 Å². The first-order valence-electron chi connectivity index (χ1n) is 8.70. The molecule has 2 unspecified atom stereocenters. The molecule has 0 N–H and O–H groups in total. The first-order chi connectivity index (χ1) is 10.8. The summed E-state index contributed by atoms with van der Waals surface area (Å²) in [6.45, 7) is 0. The molecule has 1 nitrogen and oxygen atoms in total. The molecule has 2 atom stereocenters. The van der Waals surface area contributed by atoms with Crippen LogP contribution in [-0.2, 0) is 4.57 Å². The van der Waals surface area contributed by atoms with Crippen LogP contribution >= 0.6 is 7.14 Å². The summed E-state index contributed by atoms with van der Waals surface area (Å²) < 4.78 is 13.9. The van der Waals surface area contributed by atoms with E-state index in [1.807, 2.05) is 18.2 Å². The molecular formula is C20H27OP. The lowest BCUT2D eigenvalue weighted by Gasteiger charge is -2.29. The maximum Gasteiger partial charge on any atom is 0.116 e. The van der Waals surface area contributed by atoms with Gasteiger partial charge in [-0.2, -0.15) is 0 Å². The van der Waals surface area contributed by atoms with Gasteiger partial charge in [-0.15, -0.1) is 0 Å². The van der Waals surface area contributed by atoms with Crippen LogP contribution in [0.2, 0.25) is 0 Å². The van der Waals surface area contributed by atoms with E-state index in [0.29, 0.717) is 11.8 Å². The minimum atomic E-state index is -2.28. The Kier molecular flexibility index (Phi) is 5.37. The third-order valence-corrected chi connectivity index (χ3v) is 8.54. The second-order valence-electron chi connectivity index (χ2n) is 6.89. The Balaban J connectivity index is 1.79. The number of allylic oxidation sites excluding steroid dienone is 4. The Morgan fingerprint density at radius 2 is 1.36 bits per heavy atom. The first kappa shape index (κ1) is 15.8. The number of benzene rings is 1. The van der Waals surface area contributed by atoms with Crippen LogP contribution in [0, 0.1) is 11.8 Å². The van der Waals surface area contributed by atoms with Crippen LogP contribution < -0.4 is 5.30 Å². The van der Waals surface area contributed by atoms with E-state index < -0.39 is 7.14 Å². The monoisotopic (exact) mass is 314 g/mol. The fourth-order valence-corrected chi connectivity index (χ4v) is 7.48. The zero-order valence-electron chi connectivity index (χ0n) is 13.4. The van der Waals surface area contributed by atoms with E-state index in [2.05, 4.69) is 36.4 Å². The average molecular weight is 314 g/mol. The van der Waals surface area contributed by atoms with Crippen molar-refractivity contribution in [1.82, 2.24) is 0 Å². The van der Waals surface area contributed by atoms with Crippen molar-refractivity contribution in [1.29, 1.82) is 0 Å². The topological polar surface area (TPSA) is 17.1 Å². The highest BCUT2D eigenvalue weighted by Gasteiger charge is 2.31. The van der Waals surface area contributed by atoms with Gasteiger partial charge < -0.3 is 4.57 Å². The molecule has 0 fully saturated rings. The maximum atomic E-state index is 13.9. The van der Waals surface area contributed by atoms with Gasteiger partial charge in [-0.3, -0.25) is 0 Å². The lowest BCUT2D eigenvalue weighted by molar-refractivity contribution is 0.491. The molecule has 0 aromatic heterocycles. The molecule has 0 saturated carbocycles. The van der Waals surface area contributed by atoms with Gasteiger partial charge in [0.05, 0.1) is 0 Å². The van der Waals surface area contributed by atoms with Crippen LogP contribution in [0.1, 0.15) is 38.5 Å². The third-order valence-electron chi connectivity index (χ3n) is 5.09. The van der Waals surface area contributed by atoms with Crippen molar-refractivity contribution in [3.8, 4) is 0 Å². The molecule has 0 saturated heterocycles. The van der Waals surface area contributed by atoms with Gasteiger partial charge in [-0.1, -0.05) is 54.6 Å². The highest BCUT2D eigenvalue weighted by atomic mass is 31.2. The van der Waals surface area contributed by atoms with Crippen molar-refractivity contribution in [2.24, 2.45) is 11.8 Å². The van der Waals surface area contributed by atoms with Crippen LogP contribution in [0.25, 0.3) is 0 Å². The predicted molar refractivity (Wildman–Crippen MR) is 96.4 cm³/mol. The molecule has 0 radical (unpaired) electrons. The van der Waals surface area contributed by atoms with Crippen LogP contribution in [0.4, 0.5) is 0 Å². The summed E-state index contributed by atoms with van der Waals surface area (Å²) in [7, 11) is -2.28. The second kappa shape index (κ2) is 7.47. The molecule has 0 aliphatic heterocycles. The minimum Gasteiger partial charge on any atom is -0.319 e. The second-order valence-corrected chi connectivity index (χ2v) is 9.92. The van der Waals surface area contributed by atoms with E-state index in [0.717, 1.165) is 43.3 Å². The normalized spacial score (nSPS) is 27.5. The molecule has 2 aliphatic rings. The highest BCUT2D eigenvalue weighted by Crippen LogP contribution is 2.50. The molecule has 0 spiro atoms. The number of hydrogen-bond donors (Lipinski definition) is 0. The van der Waals surface area contributed by atoms with E-state index >= 15 is 0 Å². The molecule has 1 aromatic rings. The Hall–Kier alpha value is -1.07. The van der Waals surface area contributed by atoms with Crippen molar-refractivity contribution in [2.75, 3.05) is 12.3 Å². The Morgan fingerprint density at radius 3 is 1.82 bits per heavy atom. The average Bonchev–Trinajstić information content (AvgIpc) is 2.57. The summed E-state index contributed by atoms with van der Waals surface area (Å²) in [5, 5.41) is 1.11. The van der Waals surface area contributed by atoms with Crippen LogP contribution in [0.15, 0.2) is 54.6 Å². The van der Waals surface area contributed by atoms with Crippen molar-refractivity contribution < 1.29 is 4.57 Å². The standard InChI is InChI=1S/C20H27OP/c21-22(20-14-8-3-9-15-20,16-18-10-4-1-5-11-18)17-19-12-6-2-7-13-19/h1-4,6,8-9,14-15,18-19H,5,7,10-13,16-17H2. The zero-order valence-corrected chi connectivity index (χ0v) is 14.3. The van der Waals surface area contributed by atoms with Crippen LogP contribution in [-0.4, -0.2) is 12.3 Å². The van der Waals surface area contributed by atoms with E-state index in [9.17, 15) is 4.57 Å². The maximum absolute atomic E-state index is 13.9. The van der Waals surface area contributed by atoms with Crippen LogP contribution in [0.5, 0.6) is 0 Å². The van der Waals surface area contributed by atoms with Gasteiger partial charge in [0.2, 0.25) is 0 Å². The Bertz CT molecular complexity index is 543. The van der Waals surface area contributed by atoms with Gasteiger partial charge in [-0.05, 0) is 50.4 Å². The summed E-state index contributed by atoms with van der Waals surface area (Å²) >= 11 is 0. The predicted octanol–water partition coefficient (Wildman–Crippen LogP) is 5.39. The van der Waals surface area contributed by atoms with E-state index in [1.165, 1.54) is 12.8 Å². The summed E-state index contributed by atoms with van der Waals surface area (Å²) in [6, 6.07) is 10.3. The summed E-state index contributed by atoms with van der Waals surface area (Å²) in [6.07, 6.45) is 17.9. The number of hydrogen-bond acceptors (Lipinski definition) is 1. The van der Waals surface area contributed by atoms with Gasteiger partial charge >= 0.3 is 0 Å². The lowest BCUT2D eigenvalue weighted by atomic mass is 9.96. The molecule has 3 rings (SSSR count). The minimum absolute atomic E-state index is 0.607. The van der Waals surface area contributed by atoms with E-state index in [4.69, 9.17) is 0 Å². The van der Waals surface area contributed by atoms with Crippen molar-refractivity contribution in [3.05, 3.63) is 54.6 Å². The zero-order chi connectivity index (χ0) is 15.3. The summed E-state index contributed by atoms with van der Waals surface area (Å²) in [5.74, 6) is 1.21. The highest BCUT2D eigenvalue weighted by molar-refractivity contribution is 7.71. The van der Waals surface area contributed by atoms with Gasteiger partial charge in [0, 0.05) is 17.6 Å². The number of rotatable bonds is 5. The van der Waals surface area contributed by atoms with E-state index in [1.54, 1.807) is 0 Å². The lowest BCUT2D eigenvalue weighted by Crippen LogP contribution is -2.21. The summed E-state index contributed by atoms with van der Waals surface area (Å²) in [5.41, 5.74) is 0. The molecule has 22 heavy (non-hydrogen) atoms. The molecule has 2 heteroatoms. The smallest absolute Gasteiger partial charge is 0.116 e. The molecule has 0 heterocycles. The molecule has 118 valence electrons. The van der Waals surface area contributed by atoms with Crippen molar-refractivity contribution in [2.45, 2.75) is 38.5 Å². The first-order valence-corrected chi connectivity index (χ1v) is 10.8. The SMILES string of the molecule is O=P(CC1CC=CCC1)(CC1CC=CCC1)c1ccccc1.